The van der Waals surface area contributed by atoms with E-state index in [2.05, 4.69) is 17.1 Å². The summed E-state index contributed by atoms with van der Waals surface area (Å²) in [6, 6.07) is 13.5. The average molecular weight is 428 g/mol. The third kappa shape index (κ3) is 2.93. The Morgan fingerprint density at radius 2 is 1.91 bits per heavy atom. The molecule has 0 aliphatic heterocycles. The lowest BCUT2D eigenvalue weighted by Crippen LogP contribution is -2.51. The molecular formula is C26H25N3O3. The number of pyridine rings is 1. The third-order valence-electron chi connectivity index (χ3n) is 7.19. The number of ketones is 1. The zero-order chi connectivity index (χ0) is 22.5. The van der Waals surface area contributed by atoms with Crippen molar-refractivity contribution in [2.75, 3.05) is 0 Å². The number of benzene rings is 1. The Morgan fingerprint density at radius 3 is 2.59 bits per heavy atom. The first-order valence-electron chi connectivity index (χ1n) is 11.0. The topological polar surface area (TPSA) is 95.9 Å². The van der Waals surface area contributed by atoms with Gasteiger partial charge in [0.2, 0.25) is 5.56 Å². The van der Waals surface area contributed by atoms with Crippen molar-refractivity contribution < 1.29 is 9.90 Å². The van der Waals surface area contributed by atoms with Crippen LogP contribution in [0.25, 0.3) is 11.3 Å². The molecule has 1 saturated carbocycles. The minimum atomic E-state index is -0.540. The number of Topliss-reactive ketones (excluding diaryl/α,β-unsaturated/α-hetero) is 1. The van der Waals surface area contributed by atoms with Gasteiger partial charge in [0.25, 0.3) is 0 Å². The van der Waals surface area contributed by atoms with Gasteiger partial charge in [-0.2, -0.15) is 0 Å². The third-order valence-corrected chi connectivity index (χ3v) is 7.19. The summed E-state index contributed by atoms with van der Waals surface area (Å²) in [5.41, 5.74) is 4.45. The highest BCUT2D eigenvalue weighted by Gasteiger charge is 2.55. The number of fused-ring (bicyclic) bond motifs is 3. The summed E-state index contributed by atoms with van der Waals surface area (Å²) < 4.78 is 0. The summed E-state index contributed by atoms with van der Waals surface area (Å²) in [6.07, 6.45) is 4.63. The monoisotopic (exact) mass is 427 g/mol. The van der Waals surface area contributed by atoms with Crippen molar-refractivity contribution in [2.45, 2.75) is 38.5 Å². The highest BCUT2D eigenvalue weighted by molar-refractivity contribution is 5.98. The molecule has 6 heteroatoms. The van der Waals surface area contributed by atoms with Crippen molar-refractivity contribution >= 4 is 5.78 Å². The Balaban J connectivity index is 1.83. The predicted molar refractivity (Wildman–Crippen MR) is 121 cm³/mol. The maximum Gasteiger partial charge on any atom is 0.247 e. The molecule has 0 amide bonds. The lowest BCUT2D eigenvalue weighted by molar-refractivity contribution is -0.123. The Bertz CT molecular complexity index is 1270. The molecule has 2 aromatic heterocycles. The SMILES string of the molecule is Cc1nc(-c2ccc(=O)[nH]c2)c2c(n1)[C@@]1(c3ccccc3)C/C(=C/O)C(=O)[C@@H](C)[C@@H]1CC2. The van der Waals surface area contributed by atoms with Gasteiger partial charge >= 0.3 is 0 Å². The first-order valence-corrected chi connectivity index (χ1v) is 11.0. The van der Waals surface area contributed by atoms with Crippen LogP contribution in [0.15, 0.2) is 65.3 Å². The summed E-state index contributed by atoms with van der Waals surface area (Å²) in [5, 5.41) is 9.94. The predicted octanol–water partition coefficient (Wildman–Crippen LogP) is 4.04. The number of aromatic amines is 1. The summed E-state index contributed by atoms with van der Waals surface area (Å²) in [4.78, 5) is 37.1. The fourth-order valence-corrected chi connectivity index (χ4v) is 5.77. The van der Waals surface area contributed by atoms with Crippen LogP contribution in [0, 0.1) is 18.8 Å². The Labute approximate surface area is 186 Å². The molecule has 1 fully saturated rings. The zero-order valence-electron chi connectivity index (χ0n) is 18.1. The molecular weight excluding hydrogens is 402 g/mol. The first-order chi connectivity index (χ1) is 15.5. The lowest BCUT2D eigenvalue weighted by atomic mass is 9.52. The summed E-state index contributed by atoms with van der Waals surface area (Å²) in [7, 11) is 0. The molecule has 162 valence electrons. The van der Waals surface area contributed by atoms with Crippen LogP contribution < -0.4 is 5.56 Å². The van der Waals surface area contributed by atoms with Gasteiger partial charge in [0.1, 0.15) is 5.82 Å². The number of carbonyl (C=O) groups is 1. The molecule has 0 radical (unpaired) electrons. The van der Waals surface area contributed by atoms with Crippen LogP contribution in [0.3, 0.4) is 0 Å². The lowest BCUT2D eigenvalue weighted by Gasteiger charge is -2.51. The van der Waals surface area contributed by atoms with Gasteiger partial charge in [-0.25, -0.2) is 9.97 Å². The second-order valence-electron chi connectivity index (χ2n) is 8.85. The maximum atomic E-state index is 13.0. The maximum absolute atomic E-state index is 13.0. The van der Waals surface area contributed by atoms with Gasteiger partial charge in [-0.1, -0.05) is 37.3 Å². The number of aliphatic hydroxyl groups is 1. The first kappa shape index (κ1) is 20.4. The highest BCUT2D eigenvalue weighted by Crippen LogP contribution is 2.56. The summed E-state index contributed by atoms with van der Waals surface area (Å²) in [6.45, 7) is 3.84. The zero-order valence-corrected chi connectivity index (χ0v) is 18.1. The van der Waals surface area contributed by atoms with E-state index in [4.69, 9.17) is 9.97 Å². The molecule has 2 N–H and O–H groups in total. The smallest absolute Gasteiger partial charge is 0.247 e. The molecule has 0 spiro atoms. The molecule has 32 heavy (non-hydrogen) atoms. The van der Waals surface area contributed by atoms with Gasteiger partial charge in [-0.05, 0) is 43.7 Å². The van der Waals surface area contributed by atoms with Crippen molar-refractivity contribution in [3.8, 4) is 11.3 Å². The van der Waals surface area contributed by atoms with E-state index in [0.29, 0.717) is 17.8 Å². The van der Waals surface area contributed by atoms with E-state index >= 15 is 0 Å². The minimum Gasteiger partial charge on any atom is -0.515 e. The Hall–Kier alpha value is -3.54. The number of aromatic nitrogens is 3. The van der Waals surface area contributed by atoms with E-state index in [9.17, 15) is 14.7 Å². The number of allylic oxidation sites excluding steroid dienone is 1. The average Bonchev–Trinajstić information content (AvgIpc) is 2.81. The van der Waals surface area contributed by atoms with Crippen molar-refractivity contribution in [3.05, 3.63) is 93.5 Å². The Morgan fingerprint density at radius 1 is 1.12 bits per heavy atom. The van der Waals surface area contributed by atoms with Gasteiger partial charge in [0, 0.05) is 40.3 Å². The molecule has 0 bridgehead atoms. The number of hydrogen-bond donors (Lipinski definition) is 2. The molecule has 3 aromatic rings. The van der Waals surface area contributed by atoms with E-state index in [0.717, 1.165) is 47.2 Å². The Kier molecular flexibility index (Phi) is 4.81. The van der Waals surface area contributed by atoms with Crippen molar-refractivity contribution in [1.82, 2.24) is 15.0 Å². The van der Waals surface area contributed by atoms with E-state index in [-0.39, 0.29) is 23.2 Å². The molecule has 1 aromatic carbocycles. The van der Waals surface area contributed by atoms with Crippen molar-refractivity contribution in [2.24, 2.45) is 11.8 Å². The normalized spacial score (nSPS) is 25.9. The van der Waals surface area contributed by atoms with Gasteiger partial charge in [0.15, 0.2) is 5.78 Å². The van der Waals surface area contributed by atoms with E-state index in [1.54, 1.807) is 12.3 Å². The fraction of sp³-hybridized carbons (Fsp3) is 0.308. The molecule has 5 rings (SSSR count). The van der Waals surface area contributed by atoms with Crippen molar-refractivity contribution in [1.29, 1.82) is 0 Å². The quantitative estimate of drug-likeness (QED) is 0.475. The minimum absolute atomic E-state index is 0.0131. The van der Waals surface area contributed by atoms with Gasteiger partial charge in [0.05, 0.1) is 17.6 Å². The molecule has 3 atom stereocenters. The van der Waals surface area contributed by atoms with E-state index in [1.807, 2.05) is 32.0 Å². The number of nitrogens with one attached hydrogen (secondary N) is 1. The van der Waals surface area contributed by atoms with Crippen LogP contribution in [0.1, 0.15) is 42.4 Å². The van der Waals surface area contributed by atoms with Crippen LogP contribution in [0.5, 0.6) is 0 Å². The second-order valence-corrected chi connectivity index (χ2v) is 8.85. The number of H-pyrrole nitrogens is 1. The van der Waals surface area contributed by atoms with Gasteiger partial charge < -0.3 is 10.1 Å². The van der Waals surface area contributed by atoms with Gasteiger partial charge in [-0.3, -0.25) is 9.59 Å². The molecule has 6 nitrogen and oxygen atoms in total. The molecule has 0 saturated heterocycles. The number of nitrogens with zero attached hydrogens (tertiary/aromatic N) is 2. The molecule has 0 unspecified atom stereocenters. The highest BCUT2D eigenvalue weighted by atomic mass is 16.2. The molecule has 2 heterocycles. The second kappa shape index (κ2) is 7.55. The number of aliphatic hydroxyl groups excluding tert-OH is 1. The standard InChI is InChI=1S/C26H25N3O3/c1-15-21-10-9-20-23(17-8-11-22(31)27-13-17)28-16(2)29-25(20)26(21,12-18(14-30)24(15)32)19-6-4-3-5-7-19/h3-8,11,13-15,21,30H,9-10,12H2,1-2H3,(H,27,31)/b18-14-/t15-,21-,26+/m0/s1. The van der Waals surface area contributed by atoms with Crippen LogP contribution in [0.4, 0.5) is 0 Å². The largest absolute Gasteiger partial charge is 0.515 e. The van der Waals surface area contributed by atoms with Gasteiger partial charge in [-0.15, -0.1) is 0 Å². The van der Waals surface area contributed by atoms with E-state index in [1.165, 1.54) is 6.07 Å². The summed E-state index contributed by atoms with van der Waals surface area (Å²) in [5.74, 6) is 0.479. The summed E-state index contributed by atoms with van der Waals surface area (Å²) >= 11 is 0. The number of rotatable bonds is 2. The van der Waals surface area contributed by atoms with Crippen LogP contribution in [0.2, 0.25) is 0 Å². The van der Waals surface area contributed by atoms with Crippen LogP contribution in [-0.4, -0.2) is 25.8 Å². The number of carbonyl (C=O) groups excluding carboxylic acids is 1. The van der Waals surface area contributed by atoms with Crippen molar-refractivity contribution in [3.63, 3.8) is 0 Å². The molecule has 2 aliphatic carbocycles. The van der Waals surface area contributed by atoms with Crippen LogP contribution >= 0.6 is 0 Å². The number of hydrogen-bond acceptors (Lipinski definition) is 5. The number of aryl methyl sites for hydroxylation is 1. The van der Waals surface area contributed by atoms with E-state index < -0.39 is 5.41 Å². The fourth-order valence-electron chi connectivity index (χ4n) is 5.77. The van der Waals surface area contributed by atoms with Crippen LogP contribution in [-0.2, 0) is 16.6 Å². The molecule has 2 aliphatic rings.